The number of nitrogens with one attached hydrogen (secondary N) is 1. The third-order valence-corrected chi connectivity index (χ3v) is 6.50. The first-order chi connectivity index (χ1) is 12.6. The highest BCUT2D eigenvalue weighted by Gasteiger charge is 2.40. The van der Waals surface area contributed by atoms with E-state index in [0.29, 0.717) is 6.42 Å². The maximum absolute atomic E-state index is 13.3. The molecule has 27 heavy (non-hydrogen) atoms. The summed E-state index contributed by atoms with van der Waals surface area (Å²) in [7, 11) is -3.80. The minimum Gasteiger partial charge on any atom is -0.350 e. The number of carbonyl (C=O) groups is 1. The van der Waals surface area contributed by atoms with E-state index < -0.39 is 21.6 Å². The van der Waals surface area contributed by atoms with Crippen LogP contribution in [0.1, 0.15) is 37.5 Å². The van der Waals surface area contributed by atoms with Crippen molar-refractivity contribution in [3.05, 3.63) is 65.2 Å². The molecule has 1 amide bonds. The van der Waals surface area contributed by atoms with Gasteiger partial charge >= 0.3 is 0 Å². The summed E-state index contributed by atoms with van der Waals surface area (Å²) < 4.78 is 28.0. The monoisotopic (exact) mass is 386 g/mol. The summed E-state index contributed by atoms with van der Waals surface area (Å²) in [5, 5.41) is 2.94. The summed E-state index contributed by atoms with van der Waals surface area (Å²) in [6.45, 7) is 7.77. The minimum absolute atomic E-state index is 0.189. The van der Waals surface area contributed by atoms with Gasteiger partial charge < -0.3 is 5.32 Å². The van der Waals surface area contributed by atoms with Gasteiger partial charge in [0.25, 0.3) is 0 Å². The number of fused-ring (bicyclic) bond motifs is 1. The molecule has 1 aliphatic rings. The van der Waals surface area contributed by atoms with E-state index >= 15 is 0 Å². The lowest BCUT2D eigenvalue weighted by Gasteiger charge is -2.36. The maximum atomic E-state index is 13.3. The molecule has 0 saturated carbocycles. The molecule has 0 bridgehead atoms. The van der Waals surface area contributed by atoms with E-state index in [1.54, 1.807) is 24.3 Å². The van der Waals surface area contributed by atoms with E-state index in [0.717, 1.165) is 16.7 Å². The predicted octanol–water partition coefficient (Wildman–Crippen LogP) is 3.03. The van der Waals surface area contributed by atoms with Crippen LogP contribution in [0.5, 0.6) is 0 Å². The van der Waals surface area contributed by atoms with Gasteiger partial charge in [0, 0.05) is 12.1 Å². The quantitative estimate of drug-likeness (QED) is 0.882. The van der Waals surface area contributed by atoms with Crippen molar-refractivity contribution >= 4 is 15.9 Å². The van der Waals surface area contributed by atoms with Crippen LogP contribution in [0.25, 0.3) is 0 Å². The number of benzene rings is 2. The minimum atomic E-state index is -3.80. The average Bonchev–Trinajstić information content (AvgIpc) is 2.59. The molecule has 144 valence electrons. The third kappa shape index (κ3) is 4.22. The molecule has 0 aromatic heterocycles. The fourth-order valence-electron chi connectivity index (χ4n) is 3.27. The Hall–Kier alpha value is -2.18. The van der Waals surface area contributed by atoms with Crippen LogP contribution in [0.4, 0.5) is 0 Å². The van der Waals surface area contributed by atoms with Gasteiger partial charge in [-0.05, 0) is 57.4 Å². The number of amides is 1. The van der Waals surface area contributed by atoms with E-state index in [1.807, 2.05) is 52.0 Å². The Morgan fingerprint density at radius 1 is 1.04 bits per heavy atom. The van der Waals surface area contributed by atoms with Gasteiger partial charge in [-0.2, -0.15) is 4.31 Å². The predicted molar refractivity (Wildman–Crippen MR) is 106 cm³/mol. The molecule has 0 aliphatic carbocycles. The van der Waals surface area contributed by atoms with Gasteiger partial charge in [0.05, 0.1) is 4.90 Å². The van der Waals surface area contributed by atoms with E-state index in [-0.39, 0.29) is 17.3 Å². The number of nitrogens with zero attached hydrogens (tertiary/aromatic N) is 1. The number of aryl methyl sites for hydroxylation is 1. The lowest BCUT2D eigenvalue weighted by molar-refractivity contribution is -0.126. The molecule has 0 radical (unpaired) electrons. The SMILES string of the molecule is Cc1ccc(S(=O)(=O)N2Cc3ccccc3C[C@H]2C(=O)NC(C)(C)C)cc1. The Kier molecular flexibility index (Phi) is 5.14. The van der Waals surface area contributed by atoms with Crippen LogP contribution in [0.15, 0.2) is 53.4 Å². The number of sulfonamides is 1. The number of hydrogen-bond acceptors (Lipinski definition) is 3. The first-order valence-electron chi connectivity index (χ1n) is 9.05. The second-order valence-corrected chi connectivity index (χ2v) is 9.98. The Morgan fingerprint density at radius 3 is 2.22 bits per heavy atom. The third-order valence-electron chi connectivity index (χ3n) is 4.63. The summed E-state index contributed by atoms with van der Waals surface area (Å²) in [5.41, 5.74) is 2.50. The van der Waals surface area contributed by atoms with Crippen molar-refractivity contribution in [1.82, 2.24) is 9.62 Å². The lowest BCUT2D eigenvalue weighted by atomic mass is 9.95. The number of rotatable bonds is 3. The highest BCUT2D eigenvalue weighted by atomic mass is 32.2. The molecule has 2 aromatic carbocycles. The largest absolute Gasteiger partial charge is 0.350 e. The zero-order valence-corrected chi connectivity index (χ0v) is 17.0. The smallest absolute Gasteiger partial charge is 0.244 e. The van der Waals surface area contributed by atoms with E-state index in [4.69, 9.17) is 0 Å². The molecule has 3 rings (SSSR count). The standard InChI is InChI=1S/C21H26N2O3S/c1-15-9-11-18(12-10-15)27(25,26)23-14-17-8-6-5-7-16(17)13-19(23)20(24)22-21(2,3)4/h5-12,19H,13-14H2,1-4H3,(H,22,24)/t19-/m0/s1. The van der Waals surface area contributed by atoms with Gasteiger partial charge in [0.1, 0.15) is 6.04 Å². The van der Waals surface area contributed by atoms with Gasteiger partial charge in [0.2, 0.25) is 15.9 Å². The van der Waals surface area contributed by atoms with Crippen LogP contribution in [0, 0.1) is 6.92 Å². The zero-order chi connectivity index (χ0) is 19.8. The van der Waals surface area contributed by atoms with Gasteiger partial charge in [-0.25, -0.2) is 8.42 Å². The van der Waals surface area contributed by atoms with E-state index in [9.17, 15) is 13.2 Å². The second kappa shape index (κ2) is 7.09. The molecular formula is C21H26N2O3S. The van der Waals surface area contributed by atoms with Crippen molar-refractivity contribution in [2.45, 2.75) is 57.1 Å². The number of carbonyl (C=O) groups excluding carboxylic acids is 1. The van der Waals surface area contributed by atoms with Crippen LogP contribution < -0.4 is 5.32 Å². The summed E-state index contributed by atoms with van der Waals surface area (Å²) in [6.07, 6.45) is 0.364. The summed E-state index contributed by atoms with van der Waals surface area (Å²) in [4.78, 5) is 13.2. The van der Waals surface area contributed by atoms with Crippen molar-refractivity contribution in [2.75, 3.05) is 0 Å². The lowest BCUT2D eigenvalue weighted by Crippen LogP contribution is -2.55. The molecule has 0 saturated heterocycles. The Bertz CT molecular complexity index is 944. The van der Waals surface area contributed by atoms with Crippen molar-refractivity contribution < 1.29 is 13.2 Å². The Balaban J connectivity index is 2.03. The van der Waals surface area contributed by atoms with E-state index in [2.05, 4.69) is 5.32 Å². The molecular weight excluding hydrogens is 360 g/mol. The highest BCUT2D eigenvalue weighted by Crippen LogP contribution is 2.29. The molecule has 6 heteroatoms. The van der Waals surface area contributed by atoms with Crippen LogP contribution in [-0.2, 0) is 27.8 Å². The summed E-state index contributed by atoms with van der Waals surface area (Å²) >= 11 is 0. The molecule has 5 nitrogen and oxygen atoms in total. The molecule has 1 heterocycles. The number of hydrogen-bond donors (Lipinski definition) is 1. The van der Waals surface area contributed by atoms with Crippen LogP contribution in [0.3, 0.4) is 0 Å². The van der Waals surface area contributed by atoms with Crippen molar-refractivity contribution in [3.8, 4) is 0 Å². The van der Waals surface area contributed by atoms with Crippen molar-refractivity contribution in [2.24, 2.45) is 0 Å². The first-order valence-corrected chi connectivity index (χ1v) is 10.5. The molecule has 0 fully saturated rings. The van der Waals surface area contributed by atoms with Crippen LogP contribution in [-0.4, -0.2) is 30.2 Å². The molecule has 0 spiro atoms. The Labute approximate surface area is 161 Å². The molecule has 2 aromatic rings. The van der Waals surface area contributed by atoms with Crippen LogP contribution >= 0.6 is 0 Å². The molecule has 0 unspecified atom stereocenters. The van der Waals surface area contributed by atoms with Crippen molar-refractivity contribution in [3.63, 3.8) is 0 Å². The zero-order valence-electron chi connectivity index (χ0n) is 16.2. The molecule has 1 aliphatic heterocycles. The fraction of sp³-hybridized carbons (Fsp3) is 0.381. The van der Waals surface area contributed by atoms with E-state index in [1.165, 1.54) is 4.31 Å². The van der Waals surface area contributed by atoms with Gasteiger partial charge in [-0.3, -0.25) is 4.79 Å². The van der Waals surface area contributed by atoms with Gasteiger partial charge in [-0.15, -0.1) is 0 Å². The maximum Gasteiger partial charge on any atom is 0.244 e. The summed E-state index contributed by atoms with van der Waals surface area (Å²) in [6, 6.07) is 13.7. The van der Waals surface area contributed by atoms with Gasteiger partial charge in [0.15, 0.2) is 0 Å². The Morgan fingerprint density at radius 2 is 1.63 bits per heavy atom. The average molecular weight is 387 g/mol. The van der Waals surface area contributed by atoms with Gasteiger partial charge in [-0.1, -0.05) is 42.0 Å². The fourth-order valence-corrected chi connectivity index (χ4v) is 4.84. The topological polar surface area (TPSA) is 66.5 Å². The first kappa shape index (κ1) is 19.6. The summed E-state index contributed by atoms with van der Waals surface area (Å²) in [5.74, 6) is -0.271. The highest BCUT2D eigenvalue weighted by molar-refractivity contribution is 7.89. The second-order valence-electron chi connectivity index (χ2n) is 8.09. The molecule has 1 N–H and O–H groups in total. The molecule has 1 atom stereocenters. The van der Waals surface area contributed by atoms with Crippen molar-refractivity contribution in [1.29, 1.82) is 0 Å². The van der Waals surface area contributed by atoms with Crippen LogP contribution in [0.2, 0.25) is 0 Å². The normalized spacial score (nSPS) is 18.0.